The van der Waals surface area contributed by atoms with Crippen LogP contribution in [-0.2, 0) is 0 Å². The lowest BCUT2D eigenvalue weighted by Crippen LogP contribution is -2.25. The van der Waals surface area contributed by atoms with Gasteiger partial charge in [-0.3, -0.25) is 0 Å². The molecule has 54 valence electrons. The van der Waals surface area contributed by atoms with Crippen molar-refractivity contribution < 1.29 is 0 Å². The lowest BCUT2D eigenvalue weighted by atomic mass is 10.0. The van der Waals surface area contributed by atoms with Gasteiger partial charge in [0.05, 0.1) is 6.04 Å². The molecular formula is C7H14ClN. The van der Waals surface area contributed by atoms with Crippen molar-refractivity contribution in [3.8, 4) is 12.3 Å². The van der Waals surface area contributed by atoms with Gasteiger partial charge < -0.3 is 5.73 Å². The highest BCUT2D eigenvalue weighted by Gasteiger charge is 2.04. The van der Waals surface area contributed by atoms with Crippen LogP contribution in [0.15, 0.2) is 0 Å². The molecule has 0 spiro atoms. The van der Waals surface area contributed by atoms with E-state index in [4.69, 9.17) is 12.2 Å². The quantitative estimate of drug-likeness (QED) is 0.588. The second-order valence-electron chi connectivity index (χ2n) is 2.08. The number of nitrogens with two attached hydrogens (primary N) is 1. The summed E-state index contributed by atoms with van der Waals surface area (Å²) in [5.74, 6) is 2.95. The third-order valence-corrected chi connectivity index (χ3v) is 1.45. The molecule has 0 saturated carbocycles. The second-order valence-corrected chi connectivity index (χ2v) is 2.08. The van der Waals surface area contributed by atoms with Crippen molar-refractivity contribution in [1.82, 2.24) is 0 Å². The maximum Gasteiger partial charge on any atom is 0.0687 e. The molecule has 0 aromatic heterocycles. The first-order valence-corrected chi connectivity index (χ1v) is 2.94. The molecule has 9 heavy (non-hydrogen) atoms. The molecule has 0 fully saturated rings. The standard InChI is InChI=1S/C7H13N.ClH/c1-4-6(3)7(8)5-2;/h2,6-7H,4,8H2,1,3H3;1H/t6-,7+;/m0./s1. The van der Waals surface area contributed by atoms with Crippen molar-refractivity contribution in [1.29, 1.82) is 0 Å². The zero-order valence-electron chi connectivity index (χ0n) is 5.92. The summed E-state index contributed by atoms with van der Waals surface area (Å²) >= 11 is 0. The Morgan fingerprint density at radius 2 is 2.11 bits per heavy atom. The first kappa shape index (κ1) is 11.6. The molecular weight excluding hydrogens is 134 g/mol. The summed E-state index contributed by atoms with van der Waals surface area (Å²) in [4.78, 5) is 0. The Labute approximate surface area is 63.4 Å². The van der Waals surface area contributed by atoms with Crippen molar-refractivity contribution in [3.63, 3.8) is 0 Å². The van der Waals surface area contributed by atoms with E-state index in [1.807, 2.05) is 0 Å². The fourth-order valence-electron chi connectivity index (χ4n) is 0.418. The van der Waals surface area contributed by atoms with Gasteiger partial charge in [0.25, 0.3) is 0 Å². The summed E-state index contributed by atoms with van der Waals surface area (Å²) in [6.07, 6.45) is 6.13. The van der Waals surface area contributed by atoms with E-state index in [0.717, 1.165) is 6.42 Å². The molecule has 0 bridgehead atoms. The minimum absolute atomic E-state index is 0. The van der Waals surface area contributed by atoms with Crippen molar-refractivity contribution in [2.75, 3.05) is 0 Å². The van der Waals surface area contributed by atoms with E-state index < -0.39 is 0 Å². The van der Waals surface area contributed by atoms with E-state index in [1.165, 1.54) is 0 Å². The smallest absolute Gasteiger partial charge is 0.0687 e. The van der Waals surface area contributed by atoms with Crippen LogP contribution in [0.25, 0.3) is 0 Å². The maximum atomic E-state index is 5.49. The van der Waals surface area contributed by atoms with Gasteiger partial charge in [0.2, 0.25) is 0 Å². The highest BCUT2D eigenvalue weighted by Crippen LogP contribution is 2.02. The van der Waals surface area contributed by atoms with Crippen molar-refractivity contribution in [2.45, 2.75) is 26.3 Å². The van der Waals surface area contributed by atoms with E-state index in [0.29, 0.717) is 5.92 Å². The van der Waals surface area contributed by atoms with Crippen LogP contribution in [0.1, 0.15) is 20.3 Å². The number of hydrogen-bond acceptors (Lipinski definition) is 1. The lowest BCUT2D eigenvalue weighted by Gasteiger charge is -2.10. The van der Waals surface area contributed by atoms with E-state index >= 15 is 0 Å². The predicted molar refractivity (Wildman–Crippen MR) is 43.5 cm³/mol. The Kier molecular flexibility index (Phi) is 7.65. The second kappa shape index (κ2) is 5.94. The van der Waals surface area contributed by atoms with E-state index in [9.17, 15) is 0 Å². The highest BCUT2D eigenvalue weighted by atomic mass is 35.5. The molecule has 2 N–H and O–H groups in total. The summed E-state index contributed by atoms with van der Waals surface area (Å²) in [6, 6.07) is -0.0556. The van der Waals surface area contributed by atoms with Gasteiger partial charge in [-0.25, -0.2) is 0 Å². The first-order valence-electron chi connectivity index (χ1n) is 2.94. The average molecular weight is 148 g/mol. The Balaban J connectivity index is 0. The zero-order chi connectivity index (χ0) is 6.57. The van der Waals surface area contributed by atoms with Gasteiger partial charge in [0, 0.05) is 0 Å². The van der Waals surface area contributed by atoms with Crippen LogP contribution in [0.5, 0.6) is 0 Å². The molecule has 2 atom stereocenters. The molecule has 0 heterocycles. The van der Waals surface area contributed by atoms with Crippen LogP contribution in [0.4, 0.5) is 0 Å². The van der Waals surface area contributed by atoms with Crippen molar-refractivity contribution in [2.24, 2.45) is 11.7 Å². The third-order valence-electron chi connectivity index (χ3n) is 1.45. The molecule has 2 heteroatoms. The topological polar surface area (TPSA) is 26.0 Å². The van der Waals surface area contributed by atoms with Crippen molar-refractivity contribution in [3.05, 3.63) is 0 Å². The molecule has 0 aliphatic heterocycles. The summed E-state index contributed by atoms with van der Waals surface area (Å²) in [6.45, 7) is 4.15. The molecule has 0 radical (unpaired) electrons. The van der Waals surface area contributed by atoms with E-state index in [1.54, 1.807) is 0 Å². The van der Waals surface area contributed by atoms with Gasteiger partial charge >= 0.3 is 0 Å². The number of rotatable bonds is 2. The van der Waals surface area contributed by atoms with E-state index in [2.05, 4.69) is 19.8 Å². The number of hydrogen-bond donors (Lipinski definition) is 1. The third kappa shape index (κ3) is 4.32. The number of halogens is 1. The zero-order valence-corrected chi connectivity index (χ0v) is 6.74. The predicted octanol–water partition coefficient (Wildman–Crippen LogP) is 1.41. The van der Waals surface area contributed by atoms with Crippen LogP contribution in [0.3, 0.4) is 0 Å². The van der Waals surface area contributed by atoms with Gasteiger partial charge in [0.15, 0.2) is 0 Å². The molecule has 0 saturated heterocycles. The molecule has 1 nitrogen and oxygen atoms in total. The molecule has 0 aliphatic rings. The summed E-state index contributed by atoms with van der Waals surface area (Å²) in [5, 5.41) is 0. The van der Waals surface area contributed by atoms with Crippen LogP contribution in [0, 0.1) is 18.3 Å². The molecule has 0 amide bonds. The largest absolute Gasteiger partial charge is 0.317 e. The lowest BCUT2D eigenvalue weighted by molar-refractivity contribution is 0.514. The Bertz CT molecular complexity index is 95.6. The van der Waals surface area contributed by atoms with Gasteiger partial charge in [-0.15, -0.1) is 18.8 Å². The van der Waals surface area contributed by atoms with Crippen LogP contribution in [-0.4, -0.2) is 6.04 Å². The fourth-order valence-corrected chi connectivity index (χ4v) is 0.418. The van der Waals surface area contributed by atoms with Gasteiger partial charge in [-0.2, -0.15) is 0 Å². The van der Waals surface area contributed by atoms with Crippen LogP contribution >= 0.6 is 12.4 Å². The van der Waals surface area contributed by atoms with Gasteiger partial charge in [0.1, 0.15) is 0 Å². The van der Waals surface area contributed by atoms with Crippen LogP contribution in [0.2, 0.25) is 0 Å². The normalized spacial score (nSPS) is 14.9. The summed E-state index contributed by atoms with van der Waals surface area (Å²) < 4.78 is 0. The summed E-state index contributed by atoms with van der Waals surface area (Å²) in [5.41, 5.74) is 5.49. The minimum atomic E-state index is -0.0556. The molecule has 0 aliphatic carbocycles. The molecule has 0 aromatic carbocycles. The fraction of sp³-hybridized carbons (Fsp3) is 0.714. The Morgan fingerprint density at radius 1 is 1.67 bits per heavy atom. The SMILES string of the molecule is C#C[C@@H](N)[C@@H](C)CC.Cl. The average Bonchev–Trinajstić information content (AvgIpc) is 1.84. The van der Waals surface area contributed by atoms with E-state index in [-0.39, 0.29) is 18.4 Å². The highest BCUT2D eigenvalue weighted by molar-refractivity contribution is 5.85. The summed E-state index contributed by atoms with van der Waals surface area (Å²) in [7, 11) is 0. The van der Waals surface area contributed by atoms with Gasteiger partial charge in [-0.1, -0.05) is 26.2 Å². The first-order chi connectivity index (χ1) is 3.72. The minimum Gasteiger partial charge on any atom is -0.317 e. The van der Waals surface area contributed by atoms with Crippen molar-refractivity contribution >= 4 is 12.4 Å². The molecule has 0 aromatic rings. The Morgan fingerprint density at radius 3 is 2.22 bits per heavy atom. The molecule has 0 unspecified atom stereocenters. The maximum absolute atomic E-state index is 5.49. The molecule has 0 rings (SSSR count). The Hall–Kier alpha value is -0.190. The monoisotopic (exact) mass is 147 g/mol. The van der Waals surface area contributed by atoms with Gasteiger partial charge in [-0.05, 0) is 5.92 Å². The number of terminal acetylenes is 1. The van der Waals surface area contributed by atoms with Crippen LogP contribution < -0.4 is 5.73 Å².